The van der Waals surface area contributed by atoms with Crippen LogP contribution in [0, 0.1) is 6.92 Å². The van der Waals surface area contributed by atoms with Gasteiger partial charge in [-0.15, -0.1) is 0 Å². The number of carbonyl (C=O) groups excluding carboxylic acids is 1. The Morgan fingerprint density at radius 1 is 1.30 bits per heavy atom. The number of halogens is 1. The molecule has 0 fully saturated rings. The van der Waals surface area contributed by atoms with Gasteiger partial charge in [-0.05, 0) is 49.7 Å². The van der Waals surface area contributed by atoms with Crippen LogP contribution in [0.4, 0.5) is 5.82 Å². The topological polar surface area (TPSA) is 51.2 Å². The van der Waals surface area contributed by atoms with E-state index in [1.807, 2.05) is 19.1 Å². The highest BCUT2D eigenvalue weighted by Crippen LogP contribution is 2.17. The van der Waals surface area contributed by atoms with Gasteiger partial charge in [0.05, 0.1) is 0 Å². The minimum Gasteiger partial charge on any atom is -0.481 e. The second-order valence-corrected chi connectivity index (χ2v) is 4.81. The van der Waals surface area contributed by atoms with Crippen molar-refractivity contribution >= 4 is 23.3 Å². The maximum absolute atomic E-state index is 12.0. The van der Waals surface area contributed by atoms with Crippen molar-refractivity contribution < 1.29 is 9.53 Å². The number of amides is 1. The molecule has 1 amide bonds. The predicted octanol–water partition coefficient (Wildman–Crippen LogP) is 3.45. The van der Waals surface area contributed by atoms with Gasteiger partial charge in [-0.1, -0.05) is 17.7 Å². The van der Waals surface area contributed by atoms with E-state index in [-0.39, 0.29) is 5.91 Å². The lowest BCUT2D eigenvalue weighted by Crippen LogP contribution is -2.30. The first-order valence-corrected chi connectivity index (χ1v) is 6.59. The molecule has 0 unspecified atom stereocenters. The molecule has 1 aromatic carbocycles. The highest BCUT2D eigenvalue weighted by molar-refractivity contribution is 6.30. The van der Waals surface area contributed by atoms with Crippen LogP contribution in [0.15, 0.2) is 42.6 Å². The Bertz CT molecular complexity index is 599. The van der Waals surface area contributed by atoms with E-state index in [0.29, 0.717) is 16.6 Å². The lowest BCUT2D eigenvalue weighted by molar-refractivity contribution is -0.122. The summed E-state index contributed by atoms with van der Waals surface area (Å²) in [5, 5.41) is 3.36. The third-order valence-corrected chi connectivity index (χ3v) is 3.00. The molecule has 0 saturated heterocycles. The molecule has 5 heteroatoms. The normalized spacial score (nSPS) is 11.8. The van der Waals surface area contributed by atoms with Crippen LogP contribution in [0.25, 0.3) is 0 Å². The zero-order valence-electron chi connectivity index (χ0n) is 11.3. The highest BCUT2D eigenvalue weighted by Gasteiger charge is 2.16. The summed E-state index contributed by atoms with van der Waals surface area (Å²) in [6.45, 7) is 3.57. The minimum atomic E-state index is -0.627. The van der Waals surface area contributed by atoms with Crippen LogP contribution in [0.1, 0.15) is 12.5 Å². The number of rotatable bonds is 4. The molecule has 2 rings (SSSR count). The van der Waals surface area contributed by atoms with E-state index in [9.17, 15) is 4.79 Å². The molecule has 0 aliphatic rings. The fraction of sp³-hybridized carbons (Fsp3) is 0.200. The standard InChI is InChI=1S/C15H15ClN2O2/c1-10-4-3-9-17-14(10)18-15(19)11(2)20-13-7-5-12(16)6-8-13/h3-9,11H,1-2H3,(H,17,18,19)/t11-/m0/s1. The number of hydrogen-bond acceptors (Lipinski definition) is 3. The van der Waals surface area contributed by atoms with Crippen molar-refractivity contribution in [1.29, 1.82) is 0 Å². The average molecular weight is 291 g/mol. The molecule has 0 aliphatic heterocycles. The third-order valence-electron chi connectivity index (χ3n) is 2.75. The Balaban J connectivity index is 1.99. The molecule has 104 valence electrons. The van der Waals surface area contributed by atoms with E-state index >= 15 is 0 Å². The first kappa shape index (κ1) is 14.3. The van der Waals surface area contributed by atoms with Crippen LogP contribution < -0.4 is 10.1 Å². The van der Waals surface area contributed by atoms with Crippen molar-refractivity contribution in [3.8, 4) is 5.75 Å². The van der Waals surface area contributed by atoms with E-state index in [4.69, 9.17) is 16.3 Å². The fourth-order valence-corrected chi connectivity index (χ4v) is 1.73. The van der Waals surface area contributed by atoms with Gasteiger partial charge < -0.3 is 10.1 Å². The van der Waals surface area contributed by atoms with Crippen LogP contribution in [0.2, 0.25) is 5.02 Å². The Labute approximate surface area is 122 Å². The summed E-state index contributed by atoms with van der Waals surface area (Å²) in [6.07, 6.45) is 1.01. The van der Waals surface area contributed by atoms with Crippen LogP contribution in [-0.4, -0.2) is 17.0 Å². The molecule has 1 aromatic heterocycles. The maximum atomic E-state index is 12.0. The van der Waals surface area contributed by atoms with Gasteiger partial charge in [0.2, 0.25) is 0 Å². The largest absolute Gasteiger partial charge is 0.481 e. The summed E-state index contributed by atoms with van der Waals surface area (Å²) in [7, 11) is 0. The molecule has 0 radical (unpaired) electrons. The van der Waals surface area contributed by atoms with Gasteiger partial charge in [-0.2, -0.15) is 0 Å². The molecule has 4 nitrogen and oxygen atoms in total. The van der Waals surface area contributed by atoms with E-state index < -0.39 is 6.10 Å². The highest BCUT2D eigenvalue weighted by atomic mass is 35.5. The quantitative estimate of drug-likeness (QED) is 0.938. The van der Waals surface area contributed by atoms with Crippen molar-refractivity contribution in [2.75, 3.05) is 5.32 Å². The molecular formula is C15H15ClN2O2. The molecule has 0 bridgehead atoms. The van der Waals surface area contributed by atoms with Gasteiger partial charge in [0, 0.05) is 11.2 Å². The van der Waals surface area contributed by atoms with Crippen molar-refractivity contribution in [3.05, 3.63) is 53.2 Å². The molecule has 0 spiro atoms. The van der Waals surface area contributed by atoms with Gasteiger partial charge in [-0.25, -0.2) is 4.98 Å². The summed E-state index contributed by atoms with van der Waals surface area (Å²) < 4.78 is 5.54. The number of nitrogens with zero attached hydrogens (tertiary/aromatic N) is 1. The van der Waals surface area contributed by atoms with Gasteiger partial charge in [-0.3, -0.25) is 4.79 Å². The summed E-state index contributed by atoms with van der Waals surface area (Å²) in [5.41, 5.74) is 0.902. The first-order valence-electron chi connectivity index (χ1n) is 6.21. The summed E-state index contributed by atoms with van der Waals surface area (Å²) >= 11 is 5.79. The van der Waals surface area contributed by atoms with Crippen molar-refractivity contribution in [2.45, 2.75) is 20.0 Å². The molecule has 0 saturated carbocycles. The molecule has 2 aromatic rings. The van der Waals surface area contributed by atoms with E-state index in [1.165, 1.54) is 0 Å². The van der Waals surface area contributed by atoms with Gasteiger partial charge >= 0.3 is 0 Å². The van der Waals surface area contributed by atoms with Gasteiger partial charge in [0.25, 0.3) is 5.91 Å². The van der Waals surface area contributed by atoms with Crippen LogP contribution in [-0.2, 0) is 4.79 Å². The molecule has 1 heterocycles. The SMILES string of the molecule is Cc1cccnc1NC(=O)[C@H](C)Oc1ccc(Cl)cc1. The second kappa shape index (κ2) is 6.39. The summed E-state index contributed by atoms with van der Waals surface area (Å²) in [5.74, 6) is 0.889. The van der Waals surface area contributed by atoms with Gasteiger partial charge in [0.15, 0.2) is 6.10 Å². The zero-order valence-corrected chi connectivity index (χ0v) is 12.0. The number of ether oxygens (including phenoxy) is 1. The van der Waals surface area contributed by atoms with Crippen LogP contribution >= 0.6 is 11.6 Å². The number of nitrogens with one attached hydrogen (secondary N) is 1. The minimum absolute atomic E-state index is 0.248. The van der Waals surface area contributed by atoms with E-state index in [2.05, 4.69) is 10.3 Å². The summed E-state index contributed by atoms with van der Waals surface area (Å²) in [4.78, 5) is 16.1. The monoisotopic (exact) mass is 290 g/mol. The molecule has 20 heavy (non-hydrogen) atoms. The zero-order chi connectivity index (χ0) is 14.5. The molecular weight excluding hydrogens is 276 g/mol. The smallest absolute Gasteiger partial charge is 0.266 e. The maximum Gasteiger partial charge on any atom is 0.266 e. The predicted molar refractivity (Wildman–Crippen MR) is 79.1 cm³/mol. The van der Waals surface area contributed by atoms with Crippen molar-refractivity contribution in [2.24, 2.45) is 0 Å². The lowest BCUT2D eigenvalue weighted by Gasteiger charge is -2.15. The average Bonchev–Trinajstić information content (AvgIpc) is 2.44. The Morgan fingerprint density at radius 3 is 2.65 bits per heavy atom. The Morgan fingerprint density at radius 2 is 2.00 bits per heavy atom. The number of pyridine rings is 1. The Kier molecular flexibility index (Phi) is 4.58. The second-order valence-electron chi connectivity index (χ2n) is 4.37. The van der Waals surface area contributed by atoms with E-state index in [0.717, 1.165) is 5.56 Å². The molecule has 1 atom stereocenters. The fourth-order valence-electron chi connectivity index (χ4n) is 1.61. The molecule has 1 N–H and O–H groups in total. The number of benzene rings is 1. The van der Waals surface area contributed by atoms with Crippen LogP contribution in [0.3, 0.4) is 0 Å². The number of aryl methyl sites for hydroxylation is 1. The first-order chi connectivity index (χ1) is 9.56. The number of carbonyl (C=O) groups is 1. The molecule has 0 aliphatic carbocycles. The number of hydrogen-bond donors (Lipinski definition) is 1. The van der Waals surface area contributed by atoms with Crippen LogP contribution in [0.5, 0.6) is 5.75 Å². The number of aromatic nitrogens is 1. The Hall–Kier alpha value is -2.07. The lowest BCUT2D eigenvalue weighted by atomic mass is 10.2. The van der Waals surface area contributed by atoms with E-state index in [1.54, 1.807) is 37.4 Å². The summed E-state index contributed by atoms with van der Waals surface area (Å²) in [6, 6.07) is 10.6. The van der Waals surface area contributed by atoms with Crippen molar-refractivity contribution in [3.63, 3.8) is 0 Å². The van der Waals surface area contributed by atoms with Crippen molar-refractivity contribution in [1.82, 2.24) is 4.98 Å². The number of anilines is 1. The third kappa shape index (κ3) is 3.71. The van der Waals surface area contributed by atoms with Gasteiger partial charge in [0.1, 0.15) is 11.6 Å².